The van der Waals surface area contributed by atoms with Gasteiger partial charge in [0.05, 0.1) is 18.4 Å². The van der Waals surface area contributed by atoms with Crippen LogP contribution in [0.1, 0.15) is 78.4 Å². The first kappa shape index (κ1) is 35.4. The second-order valence-electron chi connectivity index (χ2n) is 10.2. The Balaban J connectivity index is 0.00000268. The summed E-state index contributed by atoms with van der Waals surface area (Å²) >= 11 is 0. The summed E-state index contributed by atoms with van der Waals surface area (Å²) in [6.07, 6.45) is 11.4. The number of rotatable bonds is 12. The zero-order valence-electron chi connectivity index (χ0n) is 25.9. The van der Waals surface area contributed by atoms with Gasteiger partial charge in [-0.2, -0.15) is 0 Å². The van der Waals surface area contributed by atoms with Crippen LogP contribution in [0, 0.1) is 23.7 Å². The van der Waals surface area contributed by atoms with E-state index in [-0.39, 0.29) is 18.2 Å². The molecule has 1 saturated carbocycles. The van der Waals surface area contributed by atoms with Crippen LogP contribution in [-0.4, -0.2) is 52.4 Å². The van der Waals surface area contributed by atoms with E-state index in [2.05, 4.69) is 30.7 Å². The van der Waals surface area contributed by atoms with Crippen LogP contribution in [-0.2, 0) is 4.79 Å². The first-order valence-corrected chi connectivity index (χ1v) is 14.3. The van der Waals surface area contributed by atoms with Crippen molar-refractivity contribution < 1.29 is 14.3 Å². The highest BCUT2D eigenvalue weighted by molar-refractivity contribution is 6.07. The molecule has 0 bridgehead atoms. The van der Waals surface area contributed by atoms with Crippen LogP contribution < -0.4 is 5.32 Å². The summed E-state index contributed by atoms with van der Waals surface area (Å²) in [5, 5.41) is 29.4. The average molecular weight is 566 g/mol. The summed E-state index contributed by atoms with van der Waals surface area (Å²) in [7, 11) is 1.65. The van der Waals surface area contributed by atoms with E-state index in [1.165, 1.54) is 11.3 Å². The lowest BCUT2D eigenvalue weighted by atomic mass is 9.88. The molecule has 4 N–H and O–H groups in total. The Hall–Kier alpha value is -3.65. The maximum absolute atomic E-state index is 13.3. The number of aromatic nitrogens is 1. The smallest absolute Gasteiger partial charge is 0.231 e. The minimum absolute atomic E-state index is 0.160. The van der Waals surface area contributed by atoms with Gasteiger partial charge in [-0.1, -0.05) is 58.9 Å². The second-order valence-corrected chi connectivity index (χ2v) is 10.2. The molecule has 0 spiro atoms. The number of aliphatic hydroxyl groups excluding tert-OH is 1. The highest BCUT2D eigenvalue weighted by atomic mass is 19.1. The van der Waals surface area contributed by atoms with Gasteiger partial charge in [0.2, 0.25) is 5.91 Å². The van der Waals surface area contributed by atoms with Gasteiger partial charge in [0.25, 0.3) is 0 Å². The standard InChI is InChI=1S/C30H40FN5O2.C3H8/c1-8-11-23(29(33)36(7)17-32)24(22(9-2)19(5)12-20(6)27(37)10-3)14-21-16-34-28(13-18(21)4)35-30(38)25-15-26(25)31;1-3-2/h9,11-14,16-17,25-27,32-33,37H,6,8,10,15H2,1-5,7H3,(H,34,35,38);3H2,1-2H3/b19-12-,22-9+,23-11-,24-14-,32-17?,33-29?;. The molecule has 224 valence electrons. The number of likely N-dealkylation sites (N-methyl/N-ethyl adjacent to an activating group) is 1. The number of aryl methyl sites for hydroxylation is 1. The molecular weight excluding hydrogens is 517 g/mol. The quantitative estimate of drug-likeness (QED) is 0.119. The topological polar surface area (TPSA) is 113 Å². The number of allylic oxidation sites excluding steroid dienone is 4. The van der Waals surface area contributed by atoms with Crippen molar-refractivity contribution in [2.75, 3.05) is 12.4 Å². The van der Waals surface area contributed by atoms with E-state index in [1.54, 1.807) is 19.3 Å². The lowest BCUT2D eigenvalue weighted by molar-refractivity contribution is -0.117. The van der Waals surface area contributed by atoms with Crippen LogP contribution in [0.15, 0.2) is 64.9 Å². The van der Waals surface area contributed by atoms with Crippen LogP contribution in [0.3, 0.4) is 0 Å². The number of pyridine rings is 1. The third kappa shape index (κ3) is 10.4. The van der Waals surface area contributed by atoms with Crippen LogP contribution in [0.25, 0.3) is 6.08 Å². The number of carbonyl (C=O) groups excluding carboxylic acids is 1. The predicted molar refractivity (Wildman–Crippen MR) is 170 cm³/mol. The summed E-state index contributed by atoms with van der Waals surface area (Å²) in [5.41, 5.74) is 5.31. The minimum Gasteiger partial charge on any atom is -0.388 e. The number of amides is 1. The molecule has 41 heavy (non-hydrogen) atoms. The largest absolute Gasteiger partial charge is 0.388 e. The van der Waals surface area contributed by atoms with Crippen molar-refractivity contribution in [1.82, 2.24) is 9.88 Å². The van der Waals surface area contributed by atoms with Gasteiger partial charge >= 0.3 is 0 Å². The highest BCUT2D eigenvalue weighted by Gasteiger charge is 2.43. The van der Waals surface area contributed by atoms with Gasteiger partial charge in [0.15, 0.2) is 0 Å². The third-order valence-electron chi connectivity index (χ3n) is 6.47. The molecule has 1 amide bonds. The Morgan fingerprint density at radius 2 is 1.90 bits per heavy atom. The van der Waals surface area contributed by atoms with Crippen molar-refractivity contribution in [3.05, 3.63) is 76.1 Å². The molecule has 1 aromatic heterocycles. The molecule has 3 unspecified atom stereocenters. The lowest BCUT2D eigenvalue weighted by Crippen LogP contribution is -2.27. The molecule has 1 heterocycles. The predicted octanol–water partition coefficient (Wildman–Crippen LogP) is 7.56. The van der Waals surface area contributed by atoms with Crippen molar-refractivity contribution in [3.63, 3.8) is 0 Å². The van der Waals surface area contributed by atoms with Crippen molar-refractivity contribution >= 4 is 30.0 Å². The monoisotopic (exact) mass is 565 g/mol. The molecule has 1 fully saturated rings. The van der Waals surface area contributed by atoms with E-state index in [0.717, 1.165) is 34.2 Å². The van der Waals surface area contributed by atoms with E-state index >= 15 is 0 Å². The van der Waals surface area contributed by atoms with Crippen molar-refractivity contribution in [3.8, 4) is 0 Å². The highest BCUT2D eigenvalue weighted by Crippen LogP contribution is 2.35. The number of nitrogens with zero attached hydrogens (tertiary/aromatic N) is 2. The van der Waals surface area contributed by atoms with Crippen molar-refractivity contribution in [1.29, 1.82) is 10.8 Å². The van der Waals surface area contributed by atoms with E-state index in [0.29, 0.717) is 29.8 Å². The van der Waals surface area contributed by atoms with E-state index in [1.807, 2.05) is 58.9 Å². The van der Waals surface area contributed by atoms with Crippen molar-refractivity contribution in [2.24, 2.45) is 5.92 Å². The van der Waals surface area contributed by atoms with Gasteiger partial charge < -0.3 is 15.3 Å². The summed E-state index contributed by atoms with van der Waals surface area (Å²) in [6, 6.07) is 1.74. The number of hydrogen-bond acceptors (Lipinski definition) is 5. The van der Waals surface area contributed by atoms with Crippen LogP contribution in [0.4, 0.5) is 10.2 Å². The van der Waals surface area contributed by atoms with Crippen LogP contribution in [0.5, 0.6) is 0 Å². The number of hydrogen-bond donors (Lipinski definition) is 4. The molecular formula is C33H48FN5O2. The van der Waals surface area contributed by atoms with Gasteiger partial charge in [0, 0.05) is 18.8 Å². The average Bonchev–Trinajstić information content (AvgIpc) is 3.68. The molecule has 2 rings (SSSR count). The number of alkyl halides is 1. The Labute approximate surface area is 245 Å². The normalized spacial score (nSPS) is 18.1. The van der Waals surface area contributed by atoms with Gasteiger partial charge in [-0.3, -0.25) is 15.6 Å². The summed E-state index contributed by atoms with van der Waals surface area (Å²) in [6.45, 7) is 17.9. The first-order chi connectivity index (χ1) is 19.4. The maximum Gasteiger partial charge on any atom is 0.231 e. The van der Waals surface area contributed by atoms with E-state index < -0.39 is 18.2 Å². The SMILES string of the molecule is C=C(\C=C(C)/C(=C\C)C(=C/c1cnc(NC(=O)C2CC2F)cc1C)/C(=C/CC)C(=N)N(C)C=N)C(O)CC.CCC. The molecule has 3 atom stereocenters. The number of halogens is 1. The Bertz CT molecular complexity index is 1230. The fraction of sp³-hybridized carbons (Fsp3) is 0.455. The Morgan fingerprint density at radius 3 is 2.37 bits per heavy atom. The molecule has 0 saturated heterocycles. The van der Waals surface area contributed by atoms with Crippen LogP contribution in [0.2, 0.25) is 0 Å². The Morgan fingerprint density at radius 1 is 1.29 bits per heavy atom. The van der Waals surface area contributed by atoms with E-state index in [4.69, 9.17) is 10.8 Å². The van der Waals surface area contributed by atoms with Gasteiger partial charge in [-0.05, 0) is 85.6 Å². The van der Waals surface area contributed by atoms with Crippen molar-refractivity contribution in [2.45, 2.75) is 86.4 Å². The zero-order valence-corrected chi connectivity index (χ0v) is 25.9. The first-order valence-electron chi connectivity index (χ1n) is 14.3. The molecule has 1 aromatic rings. The molecule has 0 aliphatic heterocycles. The minimum atomic E-state index is -1.08. The number of nitrogens with one attached hydrogen (secondary N) is 3. The zero-order chi connectivity index (χ0) is 31.3. The summed E-state index contributed by atoms with van der Waals surface area (Å²) < 4.78 is 13.3. The molecule has 1 aliphatic carbocycles. The number of aliphatic hydroxyl groups is 1. The molecule has 0 aromatic carbocycles. The molecule has 7 nitrogen and oxygen atoms in total. The fourth-order valence-corrected chi connectivity index (χ4v) is 4.00. The third-order valence-corrected chi connectivity index (χ3v) is 6.47. The number of anilines is 1. The summed E-state index contributed by atoms with van der Waals surface area (Å²) in [5.74, 6) is -0.448. The van der Waals surface area contributed by atoms with E-state index in [9.17, 15) is 14.3 Å². The molecule has 0 radical (unpaired) electrons. The fourth-order valence-electron chi connectivity index (χ4n) is 4.00. The Kier molecular flexibility index (Phi) is 14.9. The van der Waals surface area contributed by atoms with Gasteiger partial charge in [-0.25, -0.2) is 9.37 Å². The lowest BCUT2D eigenvalue weighted by Gasteiger charge is -2.22. The maximum atomic E-state index is 13.3. The van der Waals surface area contributed by atoms with Gasteiger partial charge in [-0.15, -0.1) is 0 Å². The second kappa shape index (κ2) is 17.2. The summed E-state index contributed by atoms with van der Waals surface area (Å²) in [4.78, 5) is 18.0. The number of amidine groups is 1. The molecule has 8 heteroatoms. The number of carbonyl (C=O) groups is 1. The van der Waals surface area contributed by atoms with Gasteiger partial charge in [0.1, 0.15) is 17.8 Å². The van der Waals surface area contributed by atoms with Crippen LogP contribution >= 0.6 is 0 Å². The molecule has 1 aliphatic rings.